The van der Waals surface area contributed by atoms with Crippen molar-refractivity contribution in [3.05, 3.63) is 28.8 Å². The number of nitrogens with two attached hydrogens (primary N) is 1. The summed E-state index contributed by atoms with van der Waals surface area (Å²) in [6.07, 6.45) is 0. The van der Waals surface area contributed by atoms with Crippen LogP contribution >= 0.6 is 11.6 Å². The summed E-state index contributed by atoms with van der Waals surface area (Å²) < 4.78 is 0. The van der Waals surface area contributed by atoms with E-state index < -0.39 is 0 Å². The summed E-state index contributed by atoms with van der Waals surface area (Å²) in [6, 6.07) is 5.41. The van der Waals surface area contributed by atoms with Crippen LogP contribution in [0.4, 0.5) is 5.69 Å². The highest BCUT2D eigenvalue weighted by Gasteiger charge is 2.11. The normalized spacial score (nSPS) is 12.4. The molecule has 0 unspecified atom stereocenters. The molecule has 18 heavy (non-hydrogen) atoms. The van der Waals surface area contributed by atoms with E-state index in [0.29, 0.717) is 10.7 Å². The van der Waals surface area contributed by atoms with E-state index in [1.54, 1.807) is 26.2 Å². The number of amidine groups is 2. The number of rotatable bonds is 3. The lowest BCUT2D eigenvalue weighted by atomic mass is 10.2. The molecule has 6 heteroatoms. The molecular formula is C12H16ClN5. The van der Waals surface area contributed by atoms with Gasteiger partial charge in [0.2, 0.25) is 0 Å². The fraction of sp³-hybridized carbons (Fsp3) is 0.250. The number of nitrogens with zero attached hydrogens (tertiary/aromatic N) is 2. The van der Waals surface area contributed by atoms with Crippen molar-refractivity contribution in [2.24, 2.45) is 15.7 Å². The average molecular weight is 266 g/mol. The number of hydrogen-bond acceptors (Lipinski definition) is 3. The highest BCUT2D eigenvalue weighted by atomic mass is 35.5. The summed E-state index contributed by atoms with van der Waals surface area (Å²) in [5.74, 6) is 0.322. The Balaban J connectivity index is 2.90. The Morgan fingerprint density at radius 3 is 2.50 bits per heavy atom. The molecule has 1 aromatic rings. The Hall–Kier alpha value is -1.88. The van der Waals surface area contributed by atoms with Crippen molar-refractivity contribution >= 4 is 34.7 Å². The molecule has 1 rings (SSSR count). The summed E-state index contributed by atoms with van der Waals surface area (Å²) >= 11 is 5.94. The standard InChI is InChI=1S/C12H16ClN5/c1-7-6-8(4-5-9(7)13)18-12(15)10(16-2)11(14)17-3/h4-6H,1-3H3,(H2,14,17)(H2,15,18)/b16-10+. The van der Waals surface area contributed by atoms with Gasteiger partial charge in [0.05, 0.1) is 0 Å². The molecule has 0 amide bonds. The van der Waals surface area contributed by atoms with Crippen LogP contribution in [-0.4, -0.2) is 31.5 Å². The van der Waals surface area contributed by atoms with Crippen LogP contribution in [-0.2, 0) is 0 Å². The number of aryl methyl sites for hydroxylation is 1. The molecule has 0 atom stereocenters. The Morgan fingerprint density at radius 2 is 2.00 bits per heavy atom. The molecule has 0 saturated heterocycles. The van der Waals surface area contributed by atoms with Crippen molar-refractivity contribution in [1.29, 1.82) is 5.41 Å². The number of anilines is 1. The van der Waals surface area contributed by atoms with E-state index in [1.807, 2.05) is 13.0 Å². The maximum absolute atomic E-state index is 7.91. The molecule has 1 aromatic carbocycles. The smallest absolute Gasteiger partial charge is 0.152 e. The fourth-order valence-electron chi connectivity index (χ4n) is 1.39. The van der Waals surface area contributed by atoms with Gasteiger partial charge in [-0.3, -0.25) is 15.4 Å². The van der Waals surface area contributed by atoms with Crippen LogP contribution in [0.15, 0.2) is 28.2 Å². The number of halogens is 1. The van der Waals surface area contributed by atoms with Crippen LogP contribution in [0.3, 0.4) is 0 Å². The van der Waals surface area contributed by atoms with Gasteiger partial charge in [-0.25, -0.2) is 0 Å². The van der Waals surface area contributed by atoms with Crippen LogP contribution in [0.25, 0.3) is 0 Å². The van der Waals surface area contributed by atoms with Gasteiger partial charge >= 0.3 is 0 Å². The van der Waals surface area contributed by atoms with Gasteiger partial charge in [0.1, 0.15) is 11.5 Å². The van der Waals surface area contributed by atoms with Gasteiger partial charge in [-0.15, -0.1) is 0 Å². The summed E-state index contributed by atoms with van der Waals surface area (Å²) in [6.45, 7) is 1.90. The highest BCUT2D eigenvalue weighted by Crippen LogP contribution is 2.19. The molecule has 0 radical (unpaired) electrons. The first-order valence-corrected chi connectivity index (χ1v) is 5.69. The zero-order chi connectivity index (χ0) is 13.7. The maximum atomic E-state index is 7.91. The molecule has 0 aromatic heterocycles. The van der Waals surface area contributed by atoms with Crippen molar-refractivity contribution in [3.63, 3.8) is 0 Å². The van der Waals surface area contributed by atoms with Gasteiger partial charge < -0.3 is 11.1 Å². The first-order valence-electron chi connectivity index (χ1n) is 5.31. The van der Waals surface area contributed by atoms with E-state index in [2.05, 4.69) is 15.3 Å². The van der Waals surface area contributed by atoms with Gasteiger partial charge in [0.25, 0.3) is 0 Å². The largest absolute Gasteiger partial charge is 0.382 e. The first-order chi connectivity index (χ1) is 8.49. The lowest BCUT2D eigenvalue weighted by molar-refractivity contribution is 1.39. The monoisotopic (exact) mass is 265 g/mol. The maximum Gasteiger partial charge on any atom is 0.152 e. The van der Waals surface area contributed by atoms with E-state index >= 15 is 0 Å². The topological polar surface area (TPSA) is 86.6 Å². The van der Waals surface area contributed by atoms with E-state index in [1.165, 1.54) is 0 Å². The summed E-state index contributed by atoms with van der Waals surface area (Å²) in [7, 11) is 3.12. The van der Waals surface area contributed by atoms with Crippen LogP contribution < -0.4 is 11.1 Å². The zero-order valence-corrected chi connectivity index (χ0v) is 11.3. The van der Waals surface area contributed by atoms with Crippen molar-refractivity contribution in [1.82, 2.24) is 0 Å². The molecule has 5 nitrogen and oxygen atoms in total. The molecule has 4 N–H and O–H groups in total. The highest BCUT2D eigenvalue weighted by molar-refractivity contribution is 6.68. The van der Waals surface area contributed by atoms with Gasteiger partial charge in [0.15, 0.2) is 5.84 Å². The minimum atomic E-state index is 0.0994. The number of benzene rings is 1. The molecule has 0 aliphatic rings. The van der Waals surface area contributed by atoms with Gasteiger partial charge in [-0.2, -0.15) is 0 Å². The number of nitrogens with one attached hydrogen (secondary N) is 2. The molecule has 0 aliphatic heterocycles. The van der Waals surface area contributed by atoms with Crippen molar-refractivity contribution in [2.75, 3.05) is 19.4 Å². The molecule has 0 saturated carbocycles. The molecule has 96 valence electrons. The van der Waals surface area contributed by atoms with Crippen molar-refractivity contribution in [2.45, 2.75) is 6.92 Å². The third-order valence-corrected chi connectivity index (χ3v) is 2.80. The summed E-state index contributed by atoms with van der Waals surface area (Å²) in [4.78, 5) is 7.76. The number of hydrogen-bond donors (Lipinski definition) is 3. The second kappa shape index (κ2) is 6.16. The Labute approximate surface area is 111 Å². The molecule has 0 bridgehead atoms. The van der Waals surface area contributed by atoms with Gasteiger partial charge in [0, 0.05) is 24.8 Å². The SMILES string of the molecule is C/N=C(C(=N)Nc1ccc(Cl)c(C)c1)\C(N)=N/C. The molecule has 0 heterocycles. The summed E-state index contributed by atoms with van der Waals surface area (Å²) in [5.41, 5.74) is 7.67. The predicted octanol–water partition coefficient (Wildman–Crippen LogP) is 2.10. The third kappa shape index (κ3) is 3.30. The van der Waals surface area contributed by atoms with Crippen LogP contribution in [0, 0.1) is 12.3 Å². The third-order valence-electron chi connectivity index (χ3n) is 2.37. The van der Waals surface area contributed by atoms with E-state index in [4.69, 9.17) is 22.7 Å². The van der Waals surface area contributed by atoms with Crippen LogP contribution in [0.2, 0.25) is 5.02 Å². The minimum Gasteiger partial charge on any atom is -0.382 e. The predicted molar refractivity (Wildman–Crippen MR) is 78.4 cm³/mol. The molecule has 0 spiro atoms. The van der Waals surface area contributed by atoms with Crippen molar-refractivity contribution in [3.8, 4) is 0 Å². The average Bonchev–Trinajstić information content (AvgIpc) is 2.34. The molecule has 0 aliphatic carbocycles. The van der Waals surface area contributed by atoms with E-state index in [9.17, 15) is 0 Å². The number of aliphatic imine (C=N–C) groups is 2. The molecular weight excluding hydrogens is 250 g/mol. The van der Waals surface area contributed by atoms with Crippen LogP contribution in [0.1, 0.15) is 5.56 Å². The van der Waals surface area contributed by atoms with Crippen molar-refractivity contribution < 1.29 is 0 Å². The van der Waals surface area contributed by atoms with Gasteiger partial charge in [-0.1, -0.05) is 11.6 Å². The van der Waals surface area contributed by atoms with Gasteiger partial charge in [-0.05, 0) is 30.7 Å². The fourth-order valence-corrected chi connectivity index (χ4v) is 1.50. The second-order valence-electron chi connectivity index (χ2n) is 3.65. The van der Waals surface area contributed by atoms with Crippen LogP contribution in [0.5, 0.6) is 0 Å². The lowest BCUT2D eigenvalue weighted by Gasteiger charge is -2.10. The Morgan fingerprint density at radius 1 is 1.33 bits per heavy atom. The quantitative estimate of drug-likeness (QED) is 0.577. The zero-order valence-electron chi connectivity index (χ0n) is 10.6. The first kappa shape index (κ1) is 14.2. The lowest BCUT2D eigenvalue weighted by Crippen LogP contribution is -2.34. The Kier molecular flexibility index (Phi) is 4.85. The molecule has 0 fully saturated rings. The van der Waals surface area contributed by atoms with E-state index in [0.717, 1.165) is 11.3 Å². The summed E-state index contributed by atoms with van der Waals surface area (Å²) in [5, 5.41) is 11.5. The second-order valence-corrected chi connectivity index (χ2v) is 4.05. The minimum absolute atomic E-state index is 0.0994. The van der Waals surface area contributed by atoms with E-state index in [-0.39, 0.29) is 11.7 Å². The Bertz CT molecular complexity index is 519.